The molecule has 0 unspecified atom stereocenters. The van der Waals surface area contributed by atoms with Crippen molar-refractivity contribution in [3.05, 3.63) is 52.0 Å². The number of hydrogen-bond acceptors (Lipinski definition) is 3. The second-order valence-corrected chi connectivity index (χ2v) is 9.93. The van der Waals surface area contributed by atoms with E-state index in [4.69, 9.17) is 11.6 Å². The van der Waals surface area contributed by atoms with Gasteiger partial charge in [-0.25, -0.2) is 0 Å². The van der Waals surface area contributed by atoms with Crippen molar-refractivity contribution in [1.29, 1.82) is 0 Å². The second-order valence-electron chi connectivity index (χ2n) is 8.60. The van der Waals surface area contributed by atoms with Crippen LogP contribution < -0.4 is 10.2 Å². The van der Waals surface area contributed by atoms with Crippen molar-refractivity contribution in [1.82, 2.24) is 9.88 Å². The number of carbonyl (C=O) groups excluding carboxylic acids is 2. The van der Waals surface area contributed by atoms with Gasteiger partial charge in [0.25, 0.3) is 5.91 Å². The third kappa shape index (κ3) is 2.96. The fourth-order valence-electron chi connectivity index (χ4n) is 4.86. The molecule has 0 spiro atoms. The number of carbonyl (C=O) groups is 2. The zero-order valence-corrected chi connectivity index (χ0v) is 18.6. The molecule has 0 radical (unpaired) electrons. The maximum absolute atomic E-state index is 13.8. The van der Waals surface area contributed by atoms with Crippen LogP contribution in [0.3, 0.4) is 0 Å². The standard InChI is InChI=1S/C23H24ClN3O2S/c1-14-11-16(24)7-8-18(14)27-20(28)19-12-15-9-10-30-21(15)26(19)13-23(27,2)22(29)25-17-5-3-4-6-17/h7-12,17H,3-6,13H2,1-2H3,(H,25,29)/t23-/m1/s1. The largest absolute Gasteiger partial charge is 0.351 e. The lowest BCUT2D eigenvalue weighted by Crippen LogP contribution is -2.65. The highest BCUT2D eigenvalue weighted by Gasteiger charge is 2.49. The van der Waals surface area contributed by atoms with E-state index < -0.39 is 5.54 Å². The fraction of sp³-hybridized carbons (Fsp3) is 0.391. The lowest BCUT2D eigenvalue weighted by Gasteiger charge is -2.44. The zero-order chi connectivity index (χ0) is 21.0. The molecule has 1 aliphatic heterocycles. The quantitative estimate of drug-likeness (QED) is 0.611. The highest BCUT2D eigenvalue weighted by atomic mass is 35.5. The van der Waals surface area contributed by atoms with Crippen LogP contribution in [0.1, 0.15) is 48.7 Å². The number of fused-ring (bicyclic) bond motifs is 3. The van der Waals surface area contributed by atoms with Crippen LogP contribution in [0.4, 0.5) is 5.69 Å². The summed E-state index contributed by atoms with van der Waals surface area (Å²) < 4.78 is 2.01. The van der Waals surface area contributed by atoms with E-state index in [0.29, 0.717) is 17.3 Å². The first kappa shape index (κ1) is 19.6. The fourth-order valence-corrected chi connectivity index (χ4v) is 5.98. The summed E-state index contributed by atoms with van der Waals surface area (Å²) in [5.41, 5.74) is 1.18. The maximum Gasteiger partial charge on any atom is 0.275 e. The molecule has 3 heterocycles. The van der Waals surface area contributed by atoms with Gasteiger partial charge in [0, 0.05) is 22.1 Å². The minimum atomic E-state index is -1.04. The van der Waals surface area contributed by atoms with E-state index in [1.54, 1.807) is 22.3 Å². The number of amides is 2. The van der Waals surface area contributed by atoms with Crippen molar-refractivity contribution in [2.24, 2.45) is 0 Å². The Balaban J connectivity index is 1.65. The zero-order valence-electron chi connectivity index (χ0n) is 17.1. The first-order valence-electron chi connectivity index (χ1n) is 10.4. The Morgan fingerprint density at radius 1 is 1.23 bits per heavy atom. The predicted molar refractivity (Wildman–Crippen MR) is 122 cm³/mol. The SMILES string of the molecule is Cc1cc(Cl)ccc1N1C(=O)c2cc3ccsc3n2C[C@]1(C)C(=O)NC1CCCC1. The number of anilines is 1. The van der Waals surface area contributed by atoms with Gasteiger partial charge in [0.1, 0.15) is 16.1 Å². The summed E-state index contributed by atoms with van der Waals surface area (Å²) in [6, 6.07) is 9.60. The van der Waals surface area contributed by atoms with E-state index in [1.807, 2.05) is 48.1 Å². The van der Waals surface area contributed by atoms with Crippen LogP contribution in [-0.2, 0) is 11.3 Å². The molecular formula is C23H24ClN3O2S. The highest BCUT2D eigenvalue weighted by Crippen LogP contribution is 2.39. The average Bonchev–Trinajstić information content (AvgIpc) is 3.42. The Morgan fingerprint density at radius 3 is 2.73 bits per heavy atom. The minimum Gasteiger partial charge on any atom is -0.351 e. The number of aryl methyl sites for hydroxylation is 1. The van der Waals surface area contributed by atoms with E-state index in [0.717, 1.165) is 47.2 Å². The molecule has 156 valence electrons. The van der Waals surface area contributed by atoms with Crippen LogP contribution in [0, 0.1) is 6.92 Å². The van der Waals surface area contributed by atoms with Gasteiger partial charge < -0.3 is 9.88 Å². The number of thiophene rings is 1. The van der Waals surface area contributed by atoms with Gasteiger partial charge in [-0.1, -0.05) is 24.4 Å². The molecular weight excluding hydrogens is 418 g/mol. The number of nitrogens with one attached hydrogen (secondary N) is 1. The van der Waals surface area contributed by atoms with Gasteiger partial charge in [0.05, 0.1) is 6.54 Å². The Hall–Kier alpha value is -2.31. The molecule has 1 saturated carbocycles. The number of benzene rings is 1. The molecule has 0 bridgehead atoms. The van der Waals surface area contributed by atoms with Crippen LogP contribution in [0.5, 0.6) is 0 Å². The highest BCUT2D eigenvalue weighted by molar-refractivity contribution is 7.16. The Bertz CT molecular complexity index is 1160. The normalized spacial score (nSPS) is 22.0. The summed E-state index contributed by atoms with van der Waals surface area (Å²) >= 11 is 7.77. The summed E-state index contributed by atoms with van der Waals surface area (Å²) in [7, 11) is 0. The lowest BCUT2D eigenvalue weighted by atomic mass is 9.92. The molecule has 2 amide bonds. The predicted octanol–water partition coefficient (Wildman–Crippen LogP) is 5.14. The van der Waals surface area contributed by atoms with Crippen LogP contribution in [0.15, 0.2) is 35.7 Å². The van der Waals surface area contributed by atoms with Crippen molar-refractivity contribution in [2.75, 3.05) is 4.90 Å². The third-order valence-electron chi connectivity index (χ3n) is 6.46. The number of aromatic nitrogens is 1. The summed E-state index contributed by atoms with van der Waals surface area (Å²) in [5, 5.41) is 6.91. The molecule has 5 nitrogen and oxygen atoms in total. The summed E-state index contributed by atoms with van der Waals surface area (Å²) in [6.07, 6.45) is 4.27. The number of nitrogens with zero attached hydrogens (tertiary/aromatic N) is 2. The van der Waals surface area contributed by atoms with Gasteiger partial charge in [0.15, 0.2) is 0 Å². The van der Waals surface area contributed by atoms with Gasteiger partial charge in [-0.2, -0.15) is 0 Å². The molecule has 1 N–H and O–H groups in total. The molecule has 7 heteroatoms. The van der Waals surface area contributed by atoms with E-state index >= 15 is 0 Å². The molecule has 1 atom stereocenters. The topological polar surface area (TPSA) is 54.3 Å². The molecule has 3 aromatic rings. The van der Waals surface area contributed by atoms with Crippen molar-refractivity contribution in [2.45, 2.75) is 57.7 Å². The van der Waals surface area contributed by atoms with Crippen LogP contribution >= 0.6 is 22.9 Å². The van der Waals surface area contributed by atoms with Crippen molar-refractivity contribution < 1.29 is 9.59 Å². The molecule has 1 aliphatic carbocycles. The maximum atomic E-state index is 13.8. The molecule has 30 heavy (non-hydrogen) atoms. The smallest absolute Gasteiger partial charge is 0.275 e. The van der Waals surface area contributed by atoms with Gasteiger partial charge in [-0.3, -0.25) is 14.5 Å². The van der Waals surface area contributed by atoms with Crippen molar-refractivity contribution in [3.8, 4) is 0 Å². The van der Waals surface area contributed by atoms with E-state index in [1.165, 1.54) is 0 Å². The van der Waals surface area contributed by atoms with Gasteiger partial charge in [-0.15, -0.1) is 11.3 Å². The first-order chi connectivity index (χ1) is 14.4. The Morgan fingerprint density at radius 2 is 2.00 bits per heavy atom. The van der Waals surface area contributed by atoms with E-state index in [9.17, 15) is 9.59 Å². The average molecular weight is 442 g/mol. The molecule has 2 aliphatic rings. The summed E-state index contributed by atoms with van der Waals surface area (Å²) in [6.45, 7) is 4.22. The van der Waals surface area contributed by atoms with E-state index in [-0.39, 0.29) is 17.9 Å². The number of halogens is 1. The van der Waals surface area contributed by atoms with E-state index in [2.05, 4.69) is 5.32 Å². The molecule has 1 fully saturated rings. The first-order valence-corrected chi connectivity index (χ1v) is 11.6. The summed E-state index contributed by atoms with van der Waals surface area (Å²) in [4.78, 5) is 30.1. The Kier molecular flexibility index (Phi) is 4.67. The van der Waals surface area contributed by atoms with Crippen molar-refractivity contribution in [3.63, 3.8) is 0 Å². The van der Waals surface area contributed by atoms with Gasteiger partial charge >= 0.3 is 0 Å². The second kappa shape index (κ2) is 7.13. The third-order valence-corrected chi connectivity index (χ3v) is 7.65. The summed E-state index contributed by atoms with van der Waals surface area (Å²) in [5.74, 6) is -0.250. The molecule has 2 aromatic heterocycles. The molecule has 0 saturated heterocycles. The van der Waals surface area contributed by atoms with Crippen LogP contribution in [0.25, 0.3) is 10.2 Å². The van der Waals surface area contributed by atoms with Crippen LogP contribution in [-0.4, -0.2) is 28.0 Å². The lowest BCUT2D eigenvalue weighted by molar-refractivity contribution is -0.127. The van der Waals surface area contributed by atoms with Crippen LogP contribution in [0.2, 0.25) is 5.02 Å². The molecule has 1 aromatic carbocycles. The van der Waals surface area contributed by atoms with Gasteiger partial charge in [-0.05, 0) is 68.0 Å². The van der Waals surface area contributed by atoms with Crippen molar-refractivity contribution >= 4 is 50.7 Å². The molecule has 5 rings (SSSR count). The number of rotatable bonds is 3. The monoisotopic (exact) mass is 441 g/mol. The Labute approximate surface area is 184 Å². The minimum absolute atomic E-state index is 0.0962. The number of hydrogen-bond donors (Lipinski definition) is 1. The van der Waals surface area contributed by atoms with Gasteiger partial charge in [0.2, 0.25) is 5.91 Å².